The first-order chi connectivity index (χ1) is 9.94. The summed E-state index contributed by atoms with van der Waals surface area (Å²) in [4.78, 5) is 24.9. The molecule has 1 aromatic rings. The summed E-state index contributed by atoms with van der Waals surface area (Å²) in [5, 5.41) is 5.50. The highest BCUT2D eigenvalue weighted by molar-refractivity contribution is 5.95. The molecule has 0 radical (unpaired) electrons. The van der Waals surface area contributed by atoms with Gasteiger partial charge in [0.1, 0.15) is 5.82 Å². The number of halogens is 1. The Morgan fingerprint density at radius 1 is 1.48 bits per heavy atom. The van der Waals surface area contributed by atoms with Gasteiger partial charge in [0.2, 0.25) is 11.8 Å². The number of amides is 2. The Kier molecular flexibility index (Phi) is 4.74. The lowest BCUT2D eigenvalue weighted by Gasteiger charge is -2.16. The van der Waals surface area contributed by atoms with Crippen LogP contribution < -0.4 is 16.4 Å². The van der Waals surface area contributed by atoms with Gasteiger partial charge in [0, 0.05) is 26.1 Å². The van der Waals surface area contributed by atoms with Gasteiger partial charge in [-0.05, 0) is 24.6 Å². The van der Waals surface area contributed by atoms with Crippen molar-refractivity contribution in [2.24, 2.45) is 0 Å². The molecule has 1 heterocycles. The SMILES string of the molecule is CC(=O)NC1CCN(CC(=O)Nc2ccc(F)cc2N)C1. The minimum Gasteiger partial charge on any atom is -0.397 e. The van der Waals surface area contributed by atoms with Crippen LogP contribution in [-0.2, 0) is 9.59 Å². The highest BCUT2D eigenvalue weighted by Crippen LogP contribution is 2.19. The molecule has 1 aliphatic heterocycles. The third-order valence-corrected chi connectivity index (χ3v) is 3.33. The molecule has 7 heteroatoms. The minimum absolute atomic E-state index is 0.0645. The fraction of sp³-hybridized carbons (Fsp3) is 0.429. The van der Waals surface area contributed by atoms with Gasteiger partial charge in [0.25, 0.3) is 0 Å². The second-order valence-corrected chi connectivity index (χ2v) is 5.20. The number of hydrogen-bond acceptors (Lipinski definition) is 4. The smallest absolute Gasteiger partial charge is 0.238 e. The lowest BCUT2D eigenvalue weighted by Crippen LogP contribution is -2.37. The van der Waals surface area contributed by atoms with Crippen molar-refractivity contribution in [2.45, 2.75) is 19.4 Å². The number of carbonyl (C=O) groups excluding carboxylic acids is 2. The fourth-order valence-corrected chi connectivity index (χ4v) is 2.42. The van der Waals surface area contributed by atoms with E-state index in [1.165, 1.54) is 19.1 Å². The highest BCUT2D eigenvalue weighted by Gasteiger charge is 2.24. The average Bonchev–Trinajstić information content (AvgIpc) is 2.79. The van der Waals surface area contributed by atoms with E-state index < -0.39 is 5.82 Å². The van der Waals surface area contributed by atoms with Crippen molar-refractivity contribution in [3.63, 3.8) is 0 Å². The first kappa shape index (κ1) is 15.2. The van der Waals surface area contributed by atoms with Gasteiger partial charge < -0.3 is 16.4 Å². The Morgan fingerprint density at radius 2 is 2.24 bits per heavy atom. The lowest BCUT2D eigenvalue weighted by molar-refractivity contribution is -0.119. The number of nitrogens with zero attached hydrogens (tertiary/aromatic N) is 1. The van der Waals surface area contributed by atoms with Crippen LogP contribution >= 0.6 is 0 Å². The third kappa shape index (κ3) is 4.42. The summed E-state index contributed by atoms with van der Waals surface area (Å²) in [5.74, 6) is -0.717. The van der Waals surface area contributed by atoms with E-state index in [0.29, 0.717) is 12.2 Å². The molecule has 1 aromatic carbocycles. The average molecular weight is 294 g/mol. The van der Waals surface area contributed by atoms with Crippen molar-refractivity contribution >= 4 is 23.2 Å². The molecule has 2 rings (SSSR count). The molecule has 0 saturated carbocycles. The molecule has 2 amide bonds. The van der Waals surface area contributed by atoms with Crippen LogP contribution in [0.25, 0.3) is 0 Å². The summed E-state index contributed by atoms with van der Waals surface area (Å²) in [5.41, 5.74) is 6.24. The molecule has 1 unspecified atom stereocenters. The molecule has 114 valence electrons. The van der Waals surface area contributed by atoms with Crippen LogP contribution in [0.4, 0.5) is 15.8 Å². The number of nitrogen functional groups attached to an aromatic ring is 1. The van der Waals surface area contributed by atoms with Crippen LogP contribution in [0.1, 0.15) is 13.3 Å². The molecule has 1 atom stereocenters. The fourth-order valence-electron chi connectivity index (χ4n) is 2.42. The summed E-state index contributed by atoms with van der Waals surface area (Å²) in [6, 6.07) is 3.94. The van der Waals surface area contributed by atoms with Crippen LogP contribution in [0.15, 0.2) is 18.2 Å². The standard InChI is InChI=1S/C14H19FN4O2/c1-9(20)17-11-4-5-19(7-11)8-14(21)18-13-3-2-10(15)6-12(13)16/h2-3,6,11H,4-5,7-8,16H2,1H3,(H,17,20)(H,18,21). The van der Waals surface area contributed by atoms with Gasteiger partial charge in [-0.2, -0.15) is 0 Å². The van der Waals surface area contributed by atoms with E-state index in [1.54, 1.807) is 0 Å². The molecule has 0 aromatic heterocycles. The highest BCUT2D eigenvalue weighted by atomic mass is 19.1. The van der Waals surface area contributed by atoms with E-state index in [-0.39, 0.29) is 30.1 Å². The second kappa shape index (κ2) is 6.53. The largest absolute Gasteiger partial charge is 0.397 e. The number of carbonyl (C=O) groups is 2. The molecule has 4 N–H and O–H groups in total. The Bertz CT molecular complexity index is 550. The van der Waals surface area contributed by atoms with Crippen LogP contribution in [0.3, 0.4) is 0 Å². The summed E-state index contributed by atoms with van der Waals surface area (Å²) < 4.78 is 12.9. The Morgan fingerprint density at radius 3 is 2.90 bits per heavy atom. The predicted octanol–water partition coefficient (Wildman–Crippen LogP) is 0.557. The first-order valence-electron chi connectivity index (χ1n) is 6.78. The topological polar surface area (TPSA) is 87.5 Å². The van der Waals surface area contributed by atoms with Crippen molar-refractivity contribution in [3.8, 4) is 0 Å². The Labute approximate surface area is 122 Å². The van der Waals surface area contributed by atoms with Gasteiger partial charge in [-0.1, -0.05) is 0 Å². The zero-order chi connectivity index (χ0) is 15.4. The summed E-state index contributed by atoms with van der Waals surface area (Å²) in [6.45, 7) is 3.09. The third-order valence-electron chi connectivity index (χ3n) is 3.33. The van der Waals surface area contributed by atoms with E-state index in [2.05, 4.69) is 10.6 Å². The number of benzene rings is 1. The van der Waals surface area contributed by atoms with Crippen molar-refractivity contribution in [2.75, 3.05) is 30.7 Å². The number of rotatable bonds is 4. The van der Waals surface area contributed by atoms with Crippen LogP contribution in [-0.4, -0.2) is 42.4 Å². The molecule has 21 heavy (non-hydrogen) atoms. The number of nitrogens with one attached hydrogen (secondary N) is 2. The zero-order valence-electron chi connectivity index (χ0n) is 11.9. The van der Waals surface area contributed by atoms with Crippen LogP contribution in [0, 0.1) is 5.82 Å². The molecule has 0 spiro atoms. The van der Waals surface area contributed by atoms with Gasteiger partial charge in [0.15, 0.2) is 0 Å². The molecule has 6 nitrogen and oxygen atoms in total. The van der Waals surface area contributed by atoms with Crippen molar-refractivity contribution in [1.29, 1.82) is 0 Å². The van der Waals surface area contributed by atoms with Gasteiger partial charge in [-0.15, -0.1) is 0 Å². The monoisotopic (exact) mass is 294 g/mol. The van der Waals surface area contributed by atoms with E-state index >= 15 is 0 Å². The van der Waals surface area contributed by atoms with E-state index in [0.717, 1.165) is 19.0 Å². The summed E-state index contributed by atoms with van der Waals surface area (Å²) in [7, 11) is 0. The molecule has 1 fully saturated rings. The lowest BCUT2D eigenvalue weighted by atomic mass is 10.2. The van der Waals surface area contributed by atoms with Gasteiger partial charge in [-0.3, -0.25) is 14.5 Å². The Hall–Kier alpha value is -2.15. The maximum Gasteiger partial charge on any atom is 0.238 e. The summed E-state index contributed by atoms with van der Waals surface area (Å²) in [6.07, 6.45) is 0.825. The van der Waals surface area contributed by atoms with Crippen molar-refractivity contribution in [3.05, 3.63) is 24.0 Å². The van der Waals surface area contributed by atoms with Crippen molar-refractivity contribution < 1.29 is 14.0 Å². The van der Waals surface area contributed by atoms with Crippen LogP contribution in [0.5, 0.6) is 0 Å². The zero-order valence-corrected chi connectivity index (χ0v) is 11.9. The maximum atomic E-state index is 12.9. The molecular formula is C14H19FN4O2. The van der Waals surface area contributed by atoms with Gasteiger partial charge in [0.05, 0.1) is 17.9 Å². The van der Waals surface area contributed by atoms with E-state index in [4.69, 9.17) is 5.73 Å². The van der Waals surface area contributed by atoms with E-state index in [9.17, 15) is 14.0 Å². The second-order valence-electron chi connectivity index (χ2n) is 5.20. The predicted molar refractivity (Wildman–Crippen MR) is 78.1 cm³/mol. The molecule has 1 saturated heterocycles. The van der Waals surface area contributed by atoms with E-state index in [1.807, 2.05) is 4.90 Å². The normalized spacial score (nSPS) is 18.5. The first-order valence-corrected chi connectivity index (χ1v) is 6.78. The number of hydrogen-bond donors (Lipinski definition) is 3. The molecular weight excluding hydrogens is 275 g/mol. The number of anilines is 2. The van der Waals surface area contributed by atoms with Gasteiger partial charge >= 0.3 is 0 Å². The quantitative estimate of drug-likeness (QED) is 0.708. The maximum absolute atomic E-state index is 12.9. The van der Waals surface area contributed by atoms with Crippen molar-refractivity contribution in [1.82, 2.24) is 10.2 Å². The van der Waals surface area contributed by atoms with Crippen LogP contribution in [0.2, 0.25) is 0 Å². The summed E-state index contributed by atoms with van der Waals surface area (Å²) >= 11 is 0. The van der Waals surface area contributed by atoms with Gasteiger partial charge in [-0.25, -0.2) is 4.39 Å². The molecule has 0 bridgehead atoms. The minimum atomic E-state index is -0.441. The molecule has 0 aliphatic carbocycles. The Balaban J connectivity index is 1.84. The number of likely N-dealkylation sites (tertiary alicyclic amines) is 1. The molecule has 1 aliphatic rings. The number of nitrogens with two attached hydrogens (primary N) is 1.